The molecule has 0 radical (unpaired) electrons. The second kappa shape index (κ2) is 15.0. The van der Waals surface area contributed by atoms with Gasteiger partial charge < -0.3 is 9.13 Å². The lowest BCUT2D eigenvalue weighted by molar-refractivity contribution is 1.18. The fourth-order valence-corrected chi connectivity index (χ4v) is 11.5. The summed E-state index contributed by atoms with van der Waals surface area (Å²) in [5.41, 5.74) is 10.8. The summed E-state index contributed by atoms with van der Waals surface area (Å²) in [7, 11) is 0. The summed E-state index contributed by atoms with van der Waals surface area (Å²) >= 11 is 1.82. The Balaban J connectivity index is 0.904. The van der Waals surface area contributed by atoms with Crippen LogP contribution in [0, 0.1) is 0 Å². The van der Waals surface area contributed by atoms with Crippen molar-refractivity contribution >= 4 is 108 Å². The van der Waals surface area contributed by atoms with Gasteiger partial charge in [0, 0.05) is 69.6 Å². The summed E-state index contributed by atoms with van der Waals surface area (Å²) in [5, 5.41) is 13.3. The Labute approximate surface area is 389 Å². The number of hydrogen-bond donors (Lipinski definition) is 0. The van der Waals surface area contributed by atoms with Crippen molar-refractivity contribution in [1.82, 2.24) is 19.1 Å². The Bertz CT molecular complexity index is 4420. The van der Waals surface area contributed by atoms with Crippen LogP contribution in [0.1, 0.15) is 0 Å². The van der Waals surface area contributed by atoms with Gasteiger partial charge in [-0.05, 0) is 100 Å². The lowest BCUT2D eigenvalue weighted by Crippen LogP contribution is -1.96. The molecular weight excluding hydrogens is 833 g/mol. The van der Waals surface area contributed by atoms with Crippen LogP contribution in [0.2, 0.25) is 0 Å². The number of hydrogen-bond acceptors (Lipinski definition) is 3. The fourth-order valence-electron chi connectivity index (χ4n) is 10.4. The predicted octanol–water partition coefficient (Wildman–Crippen LogP) is 17.0. The van der Waals surface area contributed by atoms with Crippen molar-refractivity contribution in [1.29, 1.82) is 0 Å². The zero-order chi connectivity index (χ0) is 44.0. The first-order valence-corrected chi connectivity index (χ1v) is 23.5. The molecule has 0 atom stereocenters. The summed E-state index contributed by atoms with van der Waals surface area (Å²) < 4.78 is 7.33. The highest BCUT2D eigenvalue weighted by molar-refractivity contribution is 7.25. The summed E-state index contributed by atoms with van der Waals surface area (Å²) in [5.74, 6) is 0.727. The number of fused-ring (bicyclic) bond motifs is 12. The van der Waals surface area contributed by atoms with Crippen LogP contribution in [0.5, 0.6) is 0 Å². The minimum absolute atomic E-state index is 0.727. The molecule has 4 nitrogen and oxygen atoms in total. The van der Waals surface area contributed by atoms with Gasteiger partial charge in [0.15, 0.2) is 5.82 Å². The molecule has 0 saturated carbocycles. The largest absolute Gasteiger partial charge is 0.309 e. The third kappa shape index (κ3) is 6.06. The maximum atomic E-state index is 5.34. The number of benzene rings is 9. The molecule has 4 aromatic heterocycles. The molecule has 312 valence electrons. The maximum absolute atomic E-state index is 5.34. The highest BCUT2D eigenvalue weighted by Crippen LogP contribution is 2.39. The molecule has 0 aliphatic heterocycles. The Hall–Kier alpha value is -8.64. The quantitative estimate of drug-likeness (QED) is 0.177. The number of thiophene rings is 1. The van der Waals surface area contributed by atoms with E-state index in [1.807, 2.05) is 11.3 Å². The topological polar surface area (TPSA) is 35.6 Å². The molecule has 0 spiro atoms. The van der Waals surface area contributed by atoms with Crippen LogP contribution in [0.4, 0.5) is 0 Å². The van der Waals surface area contributed by atoms with Crippen molar-refractivity contribution in [3.05, 3.63) is 231 Å². The summed E-state index contributed by atoms with van der Waals surface area (Å²) in [4.78, 5) is 10.5. The molecule has 0 bridgehead atoms. The molecule has 0 amide bonds. The molecule has 0 fully saturated rings. The molecule has 5 heteroatoms. The molecule has 67 heavy (non-hydrogen) atoms. The highest BCUT2D eigenvalue weighted by Gasteiger charge is 2.17. The van der Waals surface area contributed by atoms with E-state index < -0.39 is 0 Å². The first kappa shape index (κ1) is 37.7. The van der Waals surface area contributed by atoms with E-state index in [0.29, 0.717) is 0 Å². The Morgan fingerprint density at radius 2 is 0.881 bits per heavy atom. The van der Waals surface area contributed by atoms with Crippen LogP contribution >= 0.6 is 11.3 Å². The van der Waals surface area contributed by atoms with Crippen LogP contribution in [0.15, 0.2) is 231 Å². The van der Waals surface area contributed by atoms with Crippen LogP contribution in [0.3, 0.4) is 0 Å². The van der Waals surface area contributed by atoms with Crippen LogP contribution in [0.25, 0.3) is 130 Å². The van der Waals surface area contributed by atoms with Crippen molar-refractivity contribution in [3.8, 4) is 34.0 Å². The van der Waals surface area contributed by atoms with E-state index in [-0.39, 0.29) is 0 Å². The minimum Gasteiger partial charge on any atom is -0.309 e. The first-order chi connectivity index (χ1) is 33.2. The Morgan fingerprint density at radius 3 is 1.69 bits per heavy atom. The van der Waals surface area contributed by atoms with Gasteiger partial charge in [-0.25, -0.2) is 9.97 Å². The van der Waals surface area contributed by atoms with Crippen molar-refractivity contribution in [2.75, 3.05) is 0 Å². The molecule has 0 N–H and O–H groups in total. The first-order valence-electron chi connectivity index (χ1n) is 22.7. The number of para-hydroxylation sites is 3. The van der Waals surface area contributed by atoms with Crippen molar-refractivity contribution in [2.45, 2.75) is 0 Å². The SMILES string of the molecule is c1ccc2c(cccc(-n3c4ccccc4c4cc5ccccc5cc43)c1)c1ccccc1n2-c1ccc2ccc(-c3nc(-c4ccc5c(c4)sc4ccccc45)nc4ccccc34)cc2c1. The average Bonchev–Trinajstić information content (AvgIpc) is 4.02. The second-order valence-electron chi connectivity index (χ2n) is 17.4. The van der Waals surface area contributed by atoms with E-state index in [1.54, 1.807) is 0 Å². The lowest BCUT2D eigenvalue weighted by atomic mass is 10.0. The van der Waals surface area contributed by atoms with Crippen LogP contribution in [-0.4, -0.2) is 19.1 Å². The maximum Gasteiger partial charge on any atom is 0.160 e. The number of aromatic nitrogens is 4. The molecule has 0 unspecified atom stereocenters. The zero-order valence-electron chi connectivity index (χ0n) is 36.1. The van der Waals surface area contributed by atoms with Crippen molar-refractivity contribution in [2.24, 2.45) is 0 Å². The van der Waals surface area contributed by atoms with E-state index in [0.717, 1.165) is 61.3 Å². The van der Waals surface area contributed by atoms with E-state index in [1.165, 1.54) is 68.9 Å². The summed E-state index contributed by atoms with van der Waals surface area (Å²) in [6.45, 7) is 0. The lowest BCUT2D eigenvalue weighted by Gasteiger charge is -2.12. The van der Waals surface area contributed by atoms with Gasteiger partial charge in [-0.15, -0.1) is 11.3 Å². The molecule has 14 aromatic rings. The van der Waals surface area contributed by atoms with E-state index >= 15 is 0 Å². The molecule has 10 aromatic carbocycles. The molecule has 0 aliphatic rings. The average molecular weight is 871 g/mol. The fraction of sp³-hybridized carbons (Fsp3) is 0. The van der Waals surface area contributed by atoms with Gasteiger partial charge >= 0.3 is 0 Å². The van der Waals surface area contributed by atoms with Crippen LogP contribution < -0.4 is 0 Å². The molecule has 0 aliphatic carbocycles. The van der Waals surface area contributed by atoms with Gasteiger partial charge in [0.1, 0.15) is 0 Å². The summed E-state index contributed by atoms with van der Waals surface area (Å²) in [6, 6.07) is 83.5. The van der Waals surface area contributed by atoms with Gasteiger partial charge in [-0.2, -0.15) is 0 Å². The van der Waals surface area contributed by atoms with Gasteiger partial charge in [0.05, 0.1) is 33.3 Å². The number of nitrogens with zero attached hydrogens (tertiary/aromatic N) is 4. The molecule has 4 heterocycles. The normalized spacial score (nSPS) is 11.9. The van der Waals surface area contributed by atoms with Gasteiger partial charge in [0.2, 0.25) is 0 Å². The minimum atomic E-state index is 0.727. The Kier molecular flexibility index (Phi) is 8.42. The van der Waals surface area contributed by atoms with E-state index in [2.05, 4.69) is 240 Å². The van der Waals surface area contributed by atoms with E-state index in [4.69, 9.17) is 9.97 Å². The molecule has 14 rings (SSSR count). The third-order valence-electron chi connectivity index (χ3n) is 13.5. The highest BCUT2D eigenvalue weighted by atomic mass is 32.1. The van der Waals surface area contributed by atoms with Crippen molar-refractivity contribution in [3.63, 3.8) is 0 Å². The predicted molar refractivity (Wildman–Crippen MR) is 285 cm³/mol. The number of rotatable bonds is 4. The van der Waals surface area contributed by atoms with Gasteiger partial charge in [-0.1, -0.05) is 152 Å². The molecule has 0 saturated heterocycles. The molecular formula is C62H38N4S. The second-order valence-corrected chi connectivity index (χ2v) is 18.4. The third-order valence-corrected chi connectivity index (χ3v) is 14.6. The van der Waals surface area contributed by atoms with Crippen LogP contribution in [-0.2, 0) is 0 Å². The van der Waals surface area contributed by atoms with Gasteiger partial charge in [-0.3, -0.25) is 0 Å². The summed E-state index contributed by atoms with van der Waals surface area (Å²) in [6.07, 6.45) is 0. The van der Waals surface area contributed by atoms with Crippen molar-refractivity contribution < 1.29 is 0 Å². The van der Waals surface area contributed by atoms with E-state index in [9.17, 15) is 0 Å². The zero-order valence-corrected chi connectivity index (χ0v) is 37.0. The standard InChI is InChI=1S/C62H38N4S/c1-2-15-41-37-58-53(36-40(41)14-1)49-19-6-11-26-57(49)65(58)45-16-3-9-24-56-48(22-13-17-45)47-18-5-10-25-55(47)66(56)46-32-30-39-28-29-42(34-44(39)35-46)61-52-21-4-8-23-54(52)63-62(64-61)43-31-33-51-50-20-7-12-27-59(50)67-60(51)38-43/h1-38H. The monoisotopic (exact) mass is 870 g/mol. The van der Waals surface area contributed by atoms with Gasteiger partial charge in [0.25, 0.3) is 0 Å². The Morgan fingerprint density at radius 1 is 0.299 bits per heavy atom. The smallest absolute Gasteiger partial charge is 0.160 e.